The summed E-state index contributed by atoms with van der Waals surface area (Å²) in [6, 6.07) is 8.85. The molecule has 0 aliphatic carbocycles. The summed E-state index contributed by atoms with van der Waals surface area (Å²) in [5, 5.41) is 0. The Labute approximate surface area is 123 Å². The second-order valence-electron chi connectivity index (χ2n) is 5.73. The first kappa shape index (κ1) is 15.2. The Kier molecular flexibility index (Phi) is 6.19. The summed E-state index contributed by atoms with van der Waals surface area (Å²) in [5.74, 6) is 0.994. The molecule has 0 spiro atoms. The molecule has 0 amide bonds. The molecule has 1 saturated heterocycles. The lowest BCUT2D eigenvalue weighted by atomic mass is 10.1. The maximum absolute atomic E-state index is 5.96. The Morgan fingerprint density at radius 3 is 2.75 bits per heavy atom. The number of rotatable bonds is 7. The number of ether oxygens (including phenoxy) is 1. The number of nitrogens with two attached hydrogens (primary N) is 1. The van der Waals surface area contributed by atoms with Crippen LogP contribution in [-0.2, 0) is 0 Å². The second-order valence-corrected chi connectivity index (χ2v) is 5.73. The number of piperidine rings is 1. The van der Waals surface area contributed by atoms with E-state index in [1.165, 1.54) is 24.9 Å². The Hall–Kier alpha value is -1.22. The molecule has 1 aromatic rings. The highest BCUT2D eigenvalue weighted by atomic mass is 16.5. The van der Waals surface area contributed by atoms with E-state index in [0.29, 0.717) is 6.04 Å². The minimum Gasteiger partial charge on any atom is -0.494 e. The van der Waals surface area contributed by atoms with Gasteiger partial charge in [-0.3, -0.25) is 0 Å². The van der Waals surface area contributed by atoms with Crippen LogP contribution >= 0.6 is 0 Å². The van der Waals surface area contributed by atoms with Gasteiger partial charge in [0.25, 0.3) is 0 Å². The molecular weight excluding hydrogens is 248 g/mol. The van der Waals surface area contributed by atoms with Crippen molar-refractivity contribution in [2.24, 2.45) is 5.73 Å². The van der Waals surface area contributed by atoms with Gasteiger partial charge in [-0.15, -0.1) is 0 Å². The molecule has 3 heteroatoms. The van der Waals surface area contributed by atoms with Gasteiger partial charge in [0.2, 0.25) is 0 Å². The van der Waals surface area contributed by atoms with Crippen LogP contribution in [0.4, 0.5) is 5.69 Å². The lowest BCUT2D eigenvalue weighted by molar-refractivity contribution is 0.305. The van der Waals surface area contributed by atoms with Gasteiger partial charge in [0, 0.05) is 30.9 Å². The van der Waals surface area contributed by atoms with Crippen molar-refractivity contribution in [1.82, 2.24) is 0 Å². The molecule has 2 N–H and O–H groups in total. The first-order valence-corrected chi connectivity index (χ1v) is 8.03. The number of hydrogen-bond acceptors (Lipinski definition) is 3. The quantitative estimate of drug-likeness (QED) is 0.774. The smallest absolute Gasteiger partial charge is 0.121 e. The average Bonchev–Trinajstić information content (AvgIpc) is 2.48. The van der Waals surface area contributed by atoms with Crippen LogP contribution < -0.4 is 15.4 Å². The molecule has 1 fully saturated rings. The Balaban J connectivity index is 1.81. The van der Waals surface area contributed by atoms with E-state index in [0.717, 1.165) is 44.7 Å². The fourth-order valence-electron chi connectivity index (χ4n) is 2.65. The maximum atomic E-state index is 5.96. The summed E-state index contributed by atoms with van der Waals surface area (Å²) in [4.78, 5) is 2.41. The van der Waals surface area contributed by atoms with Crippen LogP contribution in [0.1, 0.15) is 45.4 Å². The predicted molar refractivity (Wildman–Crippen MR) is 85.5 cm³/mol. The van der Waals surface area contributed by atoms with Crippen molar-refractivity contribution in [1.29, 1.82) is 0 Å². The standard InChI is InChI=1S/C17H28N2O/c1-2-3-4-5-13-20-17-8-6-7-16(14-17)19-11-9-15(18)10-12-19/h6-8,14-15H,2-5,9-13,18H2,1H3. The summed E-state index contributed by atoms with van der Waals surface area (Å²) in [5.41, 5.74) is 7.23. The van der Waals surface area contributed by atoms with E-state index in [2.05, 4.69) is 36.1 Å². The average molecular weight is 276 g/mol. The summed E-state index contributed by atoms with van der Waals surface area (Å²) < 4.78 is 5.85. The van der Waals surface area contributed by atoms with Crippen molar-refractivity contribution in [3.8, 4) is 5.75 Å². The molecule has 0 aromatic heterocycles. The largest absolute Gasteiger partial charge is 0.494 e. The second kappa shape index (κ2) is 8.15. The molecule has 1 aromatic carbocycles. The van der Waals surface area contributed by atoms with E-state index in [-0.39, 0.29) is 0 Å². The number of hydrogen-bond donors (Lipinski definition) is 1. The zero-order chi connectivity index (χ0) is 14.2. The molecule has 1 heterocycles. The summed E-state index contributed by atoms with van der Waals surface area (Å²) >= 11 is 0. The monoisotopic (exact) mass is 276 g/mol. The fourth-order valence-corrected chi connectivity index (χ4v) is 2.65. The first-order valence-electron chi connectivity index (χ1n) is 8.03. The minimum atomic E-state index is 0.379. The predicted octanol–water partition coefficient (Wildman–Crippen LogP) is 3.57. The van der Waals surface area contributed by atoms with Crippen LogP contribution in [-0.4, -0.2) is 25.7 Å². The third kappa shape index (κ3) is 4.71. The van der Waals surface area contributed by atoms with Crippen molar-refractivity contribution < 1.29 is 4.74 Å². The Morgan fingerprint density at radius 2 is 2.00 bits per heavy atom. The molecule has 0 radical (unpaired) electrons. The topological polar surface area (TPSA) is 38.5 Å². The number of nitrogens with zero attached hydrogens (tertiary/aromatic N) is 1. The number of unbranched alkanes of at least 4 members (excludes halogenated alkanes) is 3. The van der Waals surface area contributed by atoms with Gasteiger partial charge in [-0.2, -0.15) is 0 Å². The lowest BCUT2D eigenvalue weighted by Gasteiger charge is -2.32. The van der Waals surface area contributed by atoms with Crippen LogP contribution in [0.5, 0.6) is 5.75 Å². The Bertz CT molecular complexity index is 386. The van der Waals surface area contributed by atoms with E-state index in [9.17, 15) is 0 Å². The molecule has 112 valence electrons. The Morgan fingerprint density at radius 1 is 1.20 bits per heavy atom. The molecule has 2 rings (SSSR count). The fraction of sp³-hybridized carbons (Fsp3) is 0.647. The molecule has 0 bridgehead atoms. The van der Waals surface area contributed by atoms with Crippen molar-refractivity contribution in [2.75, 3.05) is 24.6 Å². The van der Waals surface area contributed by atoms with E-state index in [4.69, 9.17) is 10.5 Å². The van der Waals surface area contributed by atoms with Crippen molar-refractivity contribution in [3.05, 3.63) is 24.3 Å². The van der Waals surface area contributed by atoms with Gasteiger partial charge in [0.05, 0.1) is 6.61 Å². The first-order chi connectivity index (χ1) is 9.79. The van der Waals surface area contributed by atoms with Gasteiger partial charge in [-0.05, 0) is 31.4 Å². The van der Waals surface area contributed by atoms with Gasteiger partial charge >= 0.3 is 0 Å². The van der Waals surface area contributed by atoms with Crippen molar-refractivity contribution in [2.45, 2.75) is 51.5 Å². The van der Waals surface area contributed by atoms with Gasteiger partial charge in [-0.1, -0.05) is 32.3 Å². The minimum absolute atomic E-state index is 0.379. The molecule has 0 unspecified atom stereocenters. The highest BCUT2D eigenvalue weighted by Gasteiger charge is 2.16. The molecule has 1 aliphatic rings. The third-order valence-electron chi connectivity index (χ3n) is 3.99. The SMILES string of the molecule is CCCCCCOc1cccc(N2CCC(N)CC2)c1. The number of benzene rings is 1. The van der Waals surface area contributed by atoms with Crippen molar-refractivity contribution in [3.63, 3.8) is 0 Å². The van der Waals surface area contributed by atoms with Crippen LogP contribution in [0.3, 0.4) is 0 Å². The van der Waals surface area contributed by atoms with E-state index < -0.39 is 0 Å². The normalized spacial score (nSPS) is 16.4. The van der Waals surface area contributed by atoms with Gasteiger partial charge in [0.15, 0.2) is 0 Å². The highest BCUT2D eigenvalue weighted by Crippen LogP contribution is 2.24. The van der Waals surface area contributed by atoms with Crippen LogP contribution in [0.2, 0.25) is 0 Å². The van der Waals surface area contributed by atoms with E-state index in [1.54, 1.807) is 0 Å². The van der Waals surface area contributed by atoms with Crippen molar-refractivity contribution >= 4 is 5.69 Å². The summed E-state index contributed by atoms with van der Waals surface area (Å²) in [6.45, 7) is 5.17. The molecule has 0 atom stereocenters. The zero-order valence-corrected chi connectivity index (χ0v) is 12.7. The van der Waals surface area contributed by atoms with Gasteiger partial charge < -0.3 is 15.4 Å². The molecule has 3 nitrogen and oxygen atoms in total. The van der Waals surface area contributed by atoms with E-state index >= 15 is 0 Å². The van der Waals surface area contributed by atoms with Crippen LogP contribution in [0, 0.1) is 0 Å². The van der Waals surface area contributed by atoms with Gasteiger partial charge in [-0.25, -0.2) is 0 Å². The maximum Gasteiger partial charge on any atom is 0.121 e. The zero-order valence-electron chi connectivity index (χ0n) is 12.7. The molecule has 20 heavy (non-hydrogen) atoms. The summed E-state index contributed by atoms with van der Waals surface area (Å²) in [6.07, 6.45) is 7.16. The number of anilines is 1. The van der Waals surface area contributed by atoms with Crippen LogP contribution in [0.25, 0.3) is 0 Å². The van der Waals surface area contributed by atoms with Gasteiger partial charge in [0.1, 0.15) is 5.75 Å². The molecule has 1 aliphatic heterocycles. The van der Waals surface area contributed by atoms with E-state index in [1.807, 2.05) is 0 Å². The third-order valence-corrected chi connectivity index (χ3v) is 3.99. The lowest BCUT2D eigenvalue weighted by Crippen LogP contribution is -2.39. The van der Waals surface area contributed by atoms with Crippen LogP contribution in [0.15, 0.2) is 24.3 Å². The highest BCUT2D eigenvalue weighted by molar-refractivity contribution is 5.51. The molecular formula is C17H28N2O. The summed E-state index contributed by atoms with van der Waals surface area (Å²) in [7, 11) is 0. The molecule has 0 saturated carbocycles.